The minimum Gasteiger partial charge on any atom is -0.384 e. The number of aliphatic hydroxyl groups is 1. The highest BCUT2D eigenvalue weighted by Gasteiger charge is 2.37. The molecule has 1 atom stereocenters. The smallest absolute Gasteiger partial charge is 0.384 e. The average Bonchev–Trinajstić information content (AvgIpc) is 2.20. The zero-order valence-corrected chi connectivity index (χ0v) is 9.72. The molecule has 1 unspecified atom stereocenters. The Morgan fingerprint density at radius 2 is 1.62 bits per heavy atom. The maximum atomic E-state index is 11.9. The number of alkyl halides is 3. The van der Waals surface area contributed by atoms with Gasteiger partial charge in [-0.25, -0.2) is 0 Å². The summed E-state index contributed by atoms with van der Waals surface area (Å²) in [5, 5.41) is 8.69. The Morgan fingerprint density at radius 1 is 1.06 bits per heavy atom. The van der Waals surface area contributed by atoms with Gasteiger partial charge in [0.25, 0.3) is 0 Å². The molecule has 16 heavy (non-hydrogen) atoms. The maximum absolute atomic E-state index is 11.9. The lowest BCUT2D eigenvalue weighted by molar-refractivity contribution is -0.205. The number of unbranched alkanes of at least 4 members (excludes halogenated alkanes) is 3. The van der Waals surface area contributed by atoms with E-state index >= 15 is 0 Å². The predicted octanol–water partition coefficient (Wildman–Crippen LogP) is 3.29. The van der Waals surface area contributed by atoms with E-state index in [0.717, 1.165) is 19.3 Å². The summed E-state index contributed by atoms with van der Waals surface area (Å²) < 4.78 is 40.9. The Morgan fingerprint density at radius 3 is 2.12 bits per heavy atom. The van der Waals surface area contributed by atoms with Gasteiger partial charge in [0.1, 0.15) is 6.10 Å². The highest BCUT2D eigenvalue weighted by molar-refractivity contribution is 4.64. The maximum Gasteiger partial charge on any atom is 0.414 e. The van der Waals surface area contributed by atoms with Crippen molar-refractivity contribution in [3.05, 3.63) is 0 Å². The van der Waals surface area contributed by atoms with Crippen LogP contribution in [0, 0.1) is 0 Å². The molecule has 0 heterocycles. The van der Waals surface area contributed by atoms with Gasteiger partial charge in [-0.3, -0.25) is 0 Å². The second kappa shape index (κ2) is 8.82. The summed E-state index contributed by atoms with van der Waals surface area (Å²) in [6.45, 7) is 3.25. The van der Waals surface area contributed by atoms with Crippen LogP contribution < -0.4 is 0 Å². The Kier molecular flexibility index (Phi) is 8.66. The molecule has 0 radical (unpaired) electrons. The molecule has 0 rings (SSSR count). The van der Waals surface area contributed by atoms with Crippen molar-refractivity contribution in [2.45, 2.75) is 57.7 Å². The first-order valence-electron chi connectivity index (χ1n) is 5.81. The molecule has 0 aliphatic heterocycles. The van der Waals surface area contributed by atoms with E-state index in [9.17, 15) is 13.2 Å². The van der Waals surface area contributed by atoms with Crippen molar-refractivity contribution in [3.63, 3.8) is 0 Å². The monoisotopic (exact) mass is 242 g/mol. The van der Waals surface area contributed by atoms with E-state index in [0.29, 0.717) is 26.1 Å². The summed E-state index contributed by atoms with van der Waals surface area (Å²) in [7, 11) is 0. The van der Waals surface area contributed by atoms with Crippen molar-refractivity contribution in [2.24, 2.45) is 0 Å². The fourth-order valence-corrected chi connectivity index (χ4v) is 1.26. The first kappa shape index (κ1) is 15.7. The number of hydrogen-bond donors (Lipinski definition) is 1. The van der Waals surface area contributed by atoms with Crippen molar-refractivity contribution < 1.29 is 23.0 Å². The van der Waals surface area contributed by atoms with Crippen LogP contribution in [0.1, 0.15) is 45.4 Å². The molecular weight excluding hydrogens is 221 g/mol. The lowest BCUT2D eigenvalue weighted by atomic mass is 10.1. The molecule has 98 valence electrons. The lowest BCUT2D eigenvalue weighted by Crippen LogP contribution is -2.28. The molecule has 0 aromatic rings. The predicted molar refractivity (Wildman–Crippen MR) is 56.3 cm³/mol. The zero-order chi connectivity index (χ0) is 12.4. The number of aliphatic hydroxyl groups excluding tert-OH is 1. The molecule has 0 aliphatic rings. The largest absolute Gasteiger partial charge is 0.414 e. The summed E-state index contributed by atoms with van der Waals surface area (Å²) in [6, 6.07) is 0. The van der Waals surface area contributed by atoms with Crippen LogP contribution in [0.2, 0.25) is 0 Å². The lowest BCUT2D eigenvalue weighted by Gasteiger charge is -2.13. The quantitative estimate of drug-likeness (QED) is 0.629. The molecule has 5 heteroatoms. The summed E-state index contributed by atoms with van der Waals surface area (Å²) in [5.41, 5.74) is 0. The molecule has 0 fully saturated rings. The third kappa shape index (κ3) is 8.97. The van der Waals surface area contributed by atoms with Crippen LogP contribution in [0.5, 0.6) is 0 Å². The Bertz CT molecular complexity index is 160. The molecule has 0 saturated heterocycles. The van der Waals surface area contributed by atoms with Crippen LogP contribution in [0.15, 0.2) is 0 Å². The minimum absolute atomic E-state index is 0.234. The van der Waals surface area contributed by atoms with E-state index in [1.807, 2.05) is 0 Å². The van der Waals surface area contributed by atoms with E-state index in [2.05, 4.69) is 6.92 Å². The molecule has 0 saturated carbocycles. The van der Waals surface area contributed by atoms with Crippen molar-refractivity contribution in [1.29, 1.82) is 0 Å². The van der Waals surface area contributed by atoms with Gasteiger partial charge in [0.05, 0.1) is 0 Å². The van der Waals surface area contributed by atoms with E-state index in [1.54, 1.807) is 0 Å². The summed E-state index contributed by atoms with van der Waals surface area (Å²) >= 11 is 0. The van der Waals surface area contributed by atoms with Crippen molar-refractivity contribution in [1.82, 2.24) is 0 Å². The van der Waals surface area contributed by atoms with Gasteiger partial charge in [0.15, 0.2) is 0 Å². The van der Waals surface area contributed by atoms with Crippen molar-refractivity contribution in [2.75, 3.05) is 13.2 Å². The van der Waals surface area contributed by atoms with E-state index in [1.165, 1.54) is 0 Å². The zero-order valence-electron chi connectivity index (χ0n) is 9.72. The first-order valence-corrected chi connectivity index (χ1v) is 5.81. The van der Waals surface area contributed by atoms with Crippen LogP contribution in [0.25, 0.3) is 0 Å². The van der Waals surface area contributed by atoms with Gasteiger partial charge < -0.3 is 9.84 Å². The van der Waals surface area contributed by atoms with Crippen LogP contribution in [-0.2, 0) is 4.74 Å². The third-order valence-electron chi connectivity index (χ3n) is 2.29. The molecule has 1 N–H and O–H groups in total. The Hall–Kier alpha value is -0.290. The van der Waals surface area contributed by atoms with Gasteiger partial charge in [-0.2, -0.15) is 13.2 Å². The fourth-order valence-electron chi connectivity index (χ4n) is 1.26. The topological polar surface area (TPSA) is 29.5 Å². The minimum atomic E-state index is -4.48. The molecule has 0 amide bonds. The molecule has 0 aliphatic carbocycles. The highest BCUT2D eigenvalue weighted by atomic mass is 19.4. The SMILES string of the molecule is CCCCCOCCCCC(O)C(F)(F)F. The summed E-state index contributed by atoms with van der Waals surface area (Å²) in [5.74, 6) is 0. The van der Waals surface area contributed by atoms with Gasteiger partial charge in [0.2, 0.25) is 0 Å². The molecular formula is C11H21F3O2. The van der Waals surface area contributed by atoms with Gasteiger partial charge in [0, 0.05) is 13.2 Å². The number of halogens is 3. The highest BCUT2D eigenvalue weighted by Crippen LogP contribution is 2.23. The molecule has 0 bridgehead atoms. The van der Waals surface area contributed by atoms with E-state index in [4.69, 9.17) is 9.84 Å². The van der Waals surface area contributed by atoms with Gasteiger partial charge in [-0.15, -0.1) is 0 Å². The number of hydrogen-bond acceptors (Lipinski definition) is 2. The van der Waals surface area contributed by atoms with Gasteiger partial charge >= 0.3 is 6.18 Å². The number of rotatable bonds is 9. The summed E-state index contributed by atoms with van der Waals surface area (Å²) in [6.07, 6.45) is -2.75. The van der Waals surface area contributed by atoms with Crippen molar-refractivity contribution >= 4 is 0 Å². The third-order valence-corrected chi connectivity index (χ3v) is 2.29. The standard InChI is InChI=1S/C11H21F3O2/c1-2-3-5-8-16-9-6-4-7-10(15)11(12,13)14/h10,15H,2-9H2,1H3. The van der Waals surface area contributed by atoms with Crippen LogP contribution in [0.3, 0.4) is 0 Å². The molecule has 0 spiro atoms. The molecule has 0 aromatic heterocycles. The normalized spacial score (nSPS) is 14.1. The van der Waals surface area contributed by atoms with E-state index < -0.39 is 12.3 Å². The van der Waals surface area contributed by atoms with Crippen LogP contribution >= 0.6 is 0 Å². The van der Waals surface area contributed by atoms with Crippen molar-refractivity contribution in [3.8, 4) is 0 Å². The molecule has 2 nitrogen and oxygen atoms in total. The first-order chi connectivity index (χ1) is 7.48. The second-order valence-electron chi connectivity index (χ2n) is 3.87. The Labute approximate surface area is 94.8 Å². The Balaban J connectivity index is 3.21. The molecule has 0 aromatic carbocycles. The van der Waals surface area contributed by atoms with E-state index in [-0.39, 0.29) is 6.42 Å². The van der Waals surface area contributed by atoms with Crippen LogP contribution in [-0.4, -0.2) is 30.6 Å². The fraction of sp³-hybridized carbons (Fsp3) is 1.00. The van der Waals surface area contributed by atoms with Crippen LogP contribution in [0.4, 0.5) is 13.2 Å². The summed E-state index contributed by atoms with van der Waals surface area (Å²) in [4.78, 5) is 0. The number of ether oxygens (including phenoxy) is 1. The van der Waals surface area contributed by atoms with Gasteiger partial charge in [-0.1, -0.05) is 19.8 Å². The van der Waals surface area contributed by atoms with Gasteiger partial charge in [-0.05, 0) is 25.7 Å². The second-order valence-corrected chi connectivity index (χ2v) is 3.87. The average molecular weight is 242 g/mol.